The Morgan fingerprint density at radius 1 is 1.32 bits per heavy atom. The molecular formula is C16H18N6O2S. The van der Waals surface area contributed by atoms with Gasteiger partial charge in [-0.25, -0.2) is 9.97 Å². The van der Waals surface area contributed by atoms with Crippen LogP contribution < -0.4 is 10.9 Å². The van der Waals surface area contributed by atoms with Crippen molar-refractivity contribution in [3.05, 3.63) is 33.4 Å². The van der Waals surface area contributed by atoms with Crippen molar-refractivity contribution in [2.45, 2.75) is 38.6 Å². The van der Waals surface area contributed by atoms with Crippen LogP contribution in [0.25, 0.3) is 11.0 Å². The summed E-state index contributed by atoms with van der Waals surface area (Å²) in [6.45, 7) is -0.0963. The molecule has 8 nitrogen and oxygen atoms in total. The van der Waals surface area contributed by atoms with Crippen LogP contribution in [0.2, 0.25) is 0 Å². The molecule has 0 unspecified atom stereocenters. The Bertz CT molecular complexity index is 978. The number of nitrogens with zero attached hydrogens (tertiary/aromatic N) is 5. The summed E-state index contributed by atoms with van der Waals surface area (Å²) in [4.78, 5) is 34.7. The maximum absolute atomic E-state index is 12.4. The predicted octanol–water partition coefficient (Wildman–Crippen LogP) is 1.49. The number of aromatic nitrogens is 5. The predicted molar refractivity (Wildman–Crippen MR) is 94.8 cm³/mol. The molecule has 0 spiro atoms. The van der Waals surface area contributed by atoms with E-state index in [2.05, 4.69) is 20.4 Å². The molecule has 1 amide bonds. The first kappa shape index (κ1) is 15.9. The van der Waals surface area contributed by atoms with Crippen molar-refractivity contribution in [2.75, 3.05) is 5.32 Å². The van der Waals surface area contributed by atoms with Crippen LogP contribution in [-0.2, 0) is 31.2 Å². The zero-order valence-corrected chi connectivity index (χ0v) is 14.7. The summed E-state index contributed by atoms with van der Waals surface area (Å²) < 4.78 is 2.82. The molecule has 0 saturated carbocycles. The Labute approximate surface area is 147 Å². The van der Waals surface area contributed by atoms with Crippen molar-refractivity contribution in [1.29, 1.82) is 0 Å². The highest BCUT2D eigenvalue weighted by Gasteiger charge is 2.16. The summed E-state index contributed by atoms with van der Waals surface area (Å²) in [5, 5.41) is 7.84. The van der Waals surface area contributed by atoms with Gasteiger partial charge in [0.05, 0.1) is 11.9 Å². The normalized spacial score (nSPS) is 14.3. The van der Waals surface area contributed by atoms with Crippen molar-refractivity contribution in [3.8, 4) is 0 Å². The maximum Gasteiger partial charge on any atom is 0.264 e. The third-order valence-corrected chi connectivity index (χ3v) is 5.45. The molecule has 4 rings (SSSR count). The van der Waals surface area contributed by atoms with Gasteiger partial charge in [-0.1, -0.05) is 6.42 Å². The largest absolute Gasteiger partial charge is 0.300 e. The molecule has 0 saturated heterocycles. The topological polar surface area (TPSA) is 94.7 Å². The number of hydrogen-bond acceptors (Lipinski definition) is 6. The van der Waals surface area contributed by atoms with Crippen LogP contribution in [0, 0.1) is 0 Å². The molecule has 1 N–H and O–H groups in total. The molecule has 25 heavy (non-hydrogen) atoms. The highest BCUT2D eigenvalue weighted by molar-refractivity contribution is 7.15. The minimum Gasteiger partial charge on any atom is -0.300 e. The van der Waals surface area contributed by atoms with E-state index in [1.165, 1.54) is 50.8 Å². The molecule has 0 radical (unpaired) electrons. The molecule has 1 aliphatic carbocycles. The molecule has 0 atom stereocenters. The SMILES string of the molecule is Cn1ncc2c(=O)n(CC(=O)Nc3nc4c(s3)CCCCC4)cnc21. The molecule has 130 valence electrons. The van der Waals surface area contributed by atoms with Gasteiger partial charge in [-0.2, -0.15) is 5.10 Å². The van der Waals surface area contributed by atoms with Crippen LogP contribution in [0.5, 0.6) is 0 Å². The minimum atomic E-state index is -0.281. The zero-order valence-electron chi connectivity index (χ0n) is 13.9. The molecule has 3 aromatic heterocycles. The van der Waals surface area contributed by atoms with Crippen LogP contribution in [0.1, 0.15) is 29.8 Å². The van der Waals surface area contributed by atoms with Crippen LogP contribution in [0.3, 0.4) is 0 Å². The molecule has 3 heterocycles. The van der Waals surface area contributed by atoms with Crippen molar-refractivity contribution in [2.24, 2.45) is 7.05 Å². The fourth-order valence-corrected chi connectivity index (χ4v) is 4.14. The van der Waals surface area contributed by atoms with Gasteiger partial charge in [-0.05, 0) is 25.7 Å². The van der Waals surface area contributed by atoms with Gasteiger partial charge in [0.2, 0.25) is 5.91 Å². The number of fused-ring (bicyclic) bond motifs is 2. The average molecular weight is 358 g/mol. The van der Waals surface area contributed by atoms with E-state index < -0.39 is 0 Å². The summed E-state index contributed by atoms with van der Waals surface area (Å²) in [6, 6.07) is 0. The maximum atomic E-state index is 12.4. The second-order valence-corrected chi connectivity index (χ2v) is 7.26. The Kier molecular flexibility index (Phi) is 4.08. The fourth-order valence-electron chi connectivity index (χ4n) is 3.07. The van der Waals surface area contributed by atoms with Gasteiger partial charge in [-0.3, -0.25) is 18.8 Å². The van der Waals surface area contributed by atoms with E-state index in [9.17, 15) is 9.59 Å². The quantitative estimate of drug-likeness (QED) is 0.716. The van der Waals surface area contributed by atoms with Gasteiger partial charge in [0.1, 0.15) is 18.3 Å². The number of amides is 1. The van der Waals surface area contributed by atoms with E-state index in [-0.39, 0.29) is 18.0 Å². The van der Waals surface area contributed by atoms with Crippen molar-refractivity contribution in [3.63, 3.8) is 0 Å². The Morgan fingerprint density at radius 2 is 2.16 bits per heavy atom. The van der Waals surface area contributed by atoms with E-state index in [4.69, 9.17) is 0 Å². The van der Waals surface area contributed by atoms with E-state index in [1.807, 2.05) is 0 Å². The molecule has 3 aromatic rings. The standard InChI is InChI=1S/C16H18N6O2S/c1-21-14-10(7-18-21)15(24)22(9-17-14)8-13(23)20-16-19-11-5-3-2-4-6-12(11)25-16/h7,9H,2-6,8H2,1H3,(H,19,20,23). The zero-order chi connectivity index (χ0) is 17.4. The first-order valence-corrected chi connectivity index (χ1v) is 9.09. The third kappa shape index (κ3) is 3.07. The van der Waals surface area contributed by atoms with Crippen molar-refractivity contribution >= 4 is 33.4 Å². The summed E-state index contributed by atoms with van der Waals surface area (Å²) >= 11 is 1.54. The van der Waals surface area contributed by atoms with Gasteiger partial charge >= 0.3 is 0 Å². The molecular weight excluding hydrogens is 340 g/mol. The molecule has 1 aliphatic rings. The van der Waals surface area contributed by atoms with E-state index in [0.717, 1.165) is 25.0 Å². The van der Waals surface area contributed by atoms with E-state index in [1.54, 1.807) is 7.05 Å². The fraction of sp³-hybridized carbons (Fsp3) is 0.438. The number of carbonyl (C=O) groups excluding carboxylic acids is 1. The van der Waals surface area contributed by atoms with Crippen LogP contribution >= 0.6 is 11.3 Å². The average Bonchev–Trinajstić information content (AvgIpc) is 3.07. The van der Waals surface area contributed by atoms with Gasteiger partial charge in [0, 0.05) is 11.9 Å². The third-order valence-electron chi connectivity index (χ3n) is 4.37. The number of hydrogen-bond donors (Lipinski definition) is 1. The van der Waals surface area contributed by atoms with Crippen molar-refractivity contribution < 1.29 is 4.79 Å². The molecule has 0 bridgehead atoms. The van der Waals surface area contributed by atoms with Gasteiger partial charge in [0.25, 0.3) is 5.56 Å². The van der Waals surface area contributed by atoms with Gasteiger partial charge < -0.3 is 5.32 Å². The number of anilines is 1. The summed E-state index contributed by atoms with van der Waals surface area (Å²) in [5.74, 6) is -0.281. The lowest BCUT2D eigenvalue weighted by molar-refractivity contribution is -0.116. The lowest BCUT2D eigenvalue weighted by atomic mass is 10.2. The van der Waals surface area contributed by atoms with Gasteiger partial charge in [-0.15, -0.1) is 11.3 Å². The highest BCUT2D eigenvalue weighted by Crippen LogP contribution is 2.28. The van der Waals surface area contributed by atoms with Crippen LogP contribution in [-0.4, -0.2) is 30.2 Å². The highest BCUT2D eigenvalue weighted by atomic mass is 32.1. The first-order chi connectivity index (χ1) is 12.1. The number of aryl methyl sites for hydroxylation is 3. The summed E-state index contributed by atoms with van der Waals surface area (Å²) in [5.41, 5.74) is 1.34. The lowest BCUT2D eigenvalue weighted by Crippen LogP contribution is -2.27. The van der Waals surface area contributed by atoms with Gasteiger partial charge in [0.15, 0.2) is 10.8 Å². The number of carbonyl (C=O) groups is 1. The number of nitrogens with one attached hydrogen (secondary N) is 1. The lowest BCUT2D eigenvalue weighted by Gasteiger charge is -2.05. The Morgan fingerprint density at radius 3 is 3.04 bits per heavy atom. The van der Waals surface area contributed by atoms with Crippen LogP contribution in [0.15, 0.2) is 17.3 Å². The summed E-state index contributed by atoms with van der Waals surface area (Å²) in [7, 11) is 1.72. The Hall–Kier alpha value is -2.55. The molecule has 0 aromatic carbocycles. The minimum absolute atomic E-state index is 0.0963. The van der Waals surface area contributed by atoms with Crippen LogP contribution in [0.4, 0.5) is 5.13 Å². The second kappa shape index (κ2) is 6.40. The van der Waals surface area contributed by atoms with Crippen molar-refractivity contribution in [1.82, 2.24) is 24.3 Å². The number of rotatable bonds is 3. The summed E-state index contributed by atoms with van der Waals surface area (Å²) in [6.07, 6.45) is 8.41. The monoisotopic (exact) mass is 358 g/mol. The smallest absolute Gasteiger partial charge is 0.264 e. The molecule has 0 fully saturated rings. The number of thiazole rings is 1. The molecule has 0 aliphatic heterocycles. The second-order valence-electron chi connectivity index (χ2n) is 6.18. The van der Waals surface area contributed by atoms with E-state index >= 15 is 0 Å². The Balaban J connectivity index is 1.51. The van der Waals surface area contributed by atoms with E-state index in [0.29, 0.717) is 16.2 Å². The first-order valence-electron chi connectivity index (χ1n) is 8.27. The molecule has 9 heteroatoms.